The number of hydrogen-bond acceptors (Lipinski definition) is 5. The second-order valence-corrected chi connectivity index (χ2v) is 7.65. The topological polar surface area (TPSA) is 99.7 Å². The summed E-state index contributed by atoms with van der Waals surface area (Å²) in [6, 6.07) is 5.47. The maximum absolute atomic E-state index is 12.3. The van der Waals surface area contributed by atoms with Crippen LogP contribution < -0.4 is 4.74 Å². The summed E-state index contributed by atoms with van der Waals surface area (Å²) in [4.78, 5) is 41.3. The van der Waals surface area contributed by atoms with Gasteiger partial charge in [-0.15, -0.1) is 0 Å². The van der Waals surface area contributed by atoms with Crippen molar-refractivity contribution in [1.82, 2.24) is 9.88 Å². The number of aldehydes is 2. The van der Waals surface area contributed by atoms with Gasteiger partial charge in [0.1, 0.15) is 12.0 Å². The molecule has 7 nitrogen and oxygen atoms in total. The van der Waals surface area contributed by atoms with Crippen molar-refractivity contribution in [3.05, 3.63) is 40.6 Å². The number of carbonyl (C=O) groups is 3. The van der Waals surface area contributed by atoms with E-state index >= 15 is 0 Å². The lowest BCUT2D eigenvalue weighted by Gasteiger charge is -2.47. The van der Waals surface area contributed by atoms with Crippen molar-refractivity contribution in [2.45, 2.75) is 25.8 Å². The summed E-state index contributed by atoms with van der Waals surface area (Å²) in [6.45, 7) is 3.35. The van der Waals surface area contributed by atoms with Gasteiger partial charge in [0, 0.05) is 29.7 Å². The molecule has 2 N–H and O–H groups in total. The minimum atomic E-state index is -1.27. The maximum Gasteiger partial charge on any atom is 0.339 e. The van der Waals surface area contributed by atoms with Crippen LogP contribution in [0.4, 0.5) is 0 Å². The summed E-state index contributed by atoms with van der Waals surface area (Å²) < 4.78 is 5.55. The van der Waals surface area contributed by atoms with Gasteiger partial charge < -0.3 is 19.6 Å². The number of carbonyl (C=O) groups excluding carboxylic acids is 2. The summed E-state index contributed by atoms with van der Waals surface area (Å²) in [5, 5.41) is 10.6. The number of piperidine rings is 1. The first kappa shape index (κ1) is 19.4. The summed E-state index contributed by atoms with van der Waals surface area (Å²) in [7, 11) is 1.63. The Balaban J connectivity index is 1.94. The average molecular weight is 396 g/mol. The van der Waals surface area contributed by atoms with E-state index in [2.05, 4.69) is 9.88 Å². The van der Waals surface area contributed by atoms with Crippen LogP contribution in [0.1, 0.15) is 30.6 Å². The number of carboxylic acid groups (broad SMARTS) is 1. The van der Waals surface area contributed by atoms with Crippen LogP contribution in [0.3, 0.4) is 0 Å². The van der Waals surface area contributed by atoms with Crippen LogP contribution in [-0.4, -0.2) is 53.7 Å². The van der Waals surface area contributed by atoms with Gasteiger partial charge in [-0.05, 0) is 42.0 Å². The quantitative estimate of drug-likeness (QED) is 0.349. The first-order valence-corrected chi connectivity index (χ1v) is 9.84. The number of rotatable bonds is 5. The zero-order valence-electron chi connectivity index (χ0n) is 16.5. The van der Waals surface area contributed by atoms with Gasteiger partial charge in [0.05, 0.1) is 24.6 Å². The molecular formula is C22H24N2O5. The van der Waals surface area contributed by atoms with Gasteiger partial charge in [0.15, 0.2) is 6.29 Å². The summed E-state index contributed by atoms with van der Waals surface area (Å²) in [5.41, 5.74) is 3.11. The first-order valence-electron chi connectivity index (χ1n) is 9.84. The van der Waals surface area contributed by atoms with Crippen molar-refractivity contribution in [2.24, 2.45) is 11.8 Å². The molecule has 7 heteroatoms. The molecule has 2 aromatic rings. The van der Waals surface area contributed by atoms with Crippen molar-refractivity contribution >= 4 is 29.4 Å². The van der Waals surface area contributed by atoms with E-state index in [0.717, 1.165) is 47.2 Å². The number of carboxylic acids is 1. The number of ether oxygens (including phenoxy) is 1. The van der Waals surface area contributed by atoms with E-state index in [1.54, 1.807) is 7.11 Å². The number of H-pyrrole nitrogens is 1. The molecule has 1 fully saturated rings. The minimum Gasteiger partial charge on any atom is -0.496 e. The summed E-state index contributed by atoms with van der Waals surface area (Å²) in [6.07, 6.45) is 2.66. The van der Waals surface area contributed by atoms with E-state index in [9.17, 15) is 19.5 Å². The fourth-order valence-corrected chi connectivity index (χ4v) is 5.13. The number of methoxy groups -OCH3 is 1. The highest BCUT2D eigenvalue weighted by Gasteiger charge is 2.45. The van der Waals surface area contributed by atoms with E-state index in [4.69, 9.17) is 4.74 Å². The Bertz CT molecular complexity index is 1020. The van der Waals surface area contributed by atoms with Crippen LogP contribution >= 0.6 is 0 Å². The zero-order valence-corrected chi connectivity index (χ0v) is 16.5. The fraction of sp³-hybridized carbons (Fsp3) is 0.409. The van der Waals surface area contributed by atoms with Gasteiger partial charge in [0.2, 0.25) is 0 Å². The van der Waals surface area contributed by atoms with Crippen LogP contribution in [0.2, 0.25) is 0 Å². The molecule has 0 bridgehead atoms. The average Bonchev–Trinajstić information content (AvgIpc) is 3.12. The lowest BCUT2D eigenvalue weighted by molar-refractivity contribution is -0.133. The molecule has 2 aliphatic rings. The number of aromatic amines is 1. The monoisotopic (exact) mass is 396 g/mol. The number of fused-ring (bicyclic) bond motifs is 5. The molecule has 152 valence electrons. The molecular weight excluding hydrogens is 372 g/mol. The molecule has 1 saturated heterocycles. The molecule has 1 aromatic heterocycles. The van der Waals surface area contributed by atoms with Gasteiger partial charge in [-0.2, -0.15) is 0 Å². The van der Waals surface area contributed by atoms with E-state index in [1.165, 1.54) is 0 Å². The standard InChI is InChI=1S/C22H24N2O5/c1-3-12-9-24-8-7-13-19-16(5-4-6-17(19)29-2)23-20(13)21(24)14(10-25)18(12)15(11-26)22(27)28/h4-6,10-12,14,21,23H,3,7-9H2,1-2H3,(H,27,28)/t12-,14+,21-/m1/s1. The molecule has 3 heterocycles. The normalized spacial score (nSPS) is 25.8. The van der Waals surface area contributed by atoms with Gasteiger partial charge in [-0.1, -0.05) is 13.0 Å². The second kappa shape index (κ2) is 7.48. The van der Waals surface area contributed by atoms with Crippen molar-refractivity contribution < 1.29 is 24.2 Å². The predicted molar refractivity (Wildman–Crippen MR) is 107 cm³/mol. The molecule has 4 rings (SSSR count). The van der Waals surface area contributed by atoms with E-state index < -0.39 is 11.9 Å². The molecule has 0 spiro atoms. The van der Waals surface area contributed by atoms with Crippen molar-refractivity contribution in [3.63, 3.8) is 0 Å². The second-order valence-electron chi connectivity index (χ2n) is 7.65. The van der Waals surface area contributed by atoms with Gasteiger partial charge in [-0.3, -0.25) is 9.69 Å². The third-order valence-electron chi connectivity index (χ3n) is 6.37. The molecule has 3 atom stereocenters. The molecule has 2 aliphatic heterocycles. The molecule has 0 saturated carbocycles. The lowest BCUT2D eigenvalue weighted by atomic mass is 9.72. The van der Waals surface area contributed by atoms with Crippen molar-refractivity contribution in [1.29, 1.82) is 0 Å². The largest absolute Gasteiger partial charge is 0.496 e. The third-order valence-corrected chi connectivity index (χ3v) is 6.37. The Morgan fingerprint density at radius 3 is 2.79 bits per heavy atom. The summed E-state index contributed by atoms with van der Waals surface area (Å²) in [5.74, 6) is -1.34. The predicted octanol–water partition coefficient (Wildman–Crippen LogP) is 2.51. The molecule has 1 aromatic carbocycles. The number of aliphatic carboxylic acids is 1. The molecule has 0 radical (unpaired) electrons. The highest BCUT2D eigenvalue weighted by Crippen LogP contribution is 2.48. The smallest absolute Gasteiger partial charge is 0.339 e. The van der Waals surface area contributed by atoms with Gasteiger partial charge in [-0.25, -0.2) is 4.79 Å². The molecule has 29 heavy (non-hydrogen) atoms. The van der Waals surface area contributed by atoms with Crippen LogP contribution in [0.5, 0.6) is 5.75 Å². The van der Waals surface area contributed by atoms with Crippen molar-refractivity contribution in [3.8, 4) is 5.75 Å². The Hall–Kier alpha value is -2.93. The summed E-state index contributed by atoms with van der Waals surface area (Å²) >= 11 is 0. The highest BCUT2D eigenvalue weighted by atomic mass is 16.5. The van der Waals surface area contributed by atoms with Gasteiger partial charge >= 0.3 is 5.97 Å². The number of nitrogens with one attached hydrogen (secondary N) is 1. The van der Waals surface area contributed by atoms with Crippen molar-refractivity contribution in [2.75, 3.05) is 20.2 Å². The number of aromatic nitrogens is 1. The van der Waals surface area contributed by atoms with Crippen LogP contribution in [0.25, 0.3) is 10.9 Å². The van der Waals surface area contributed by atoms with Crippen LogP contribution in [0.15, 0.2) is 29.3 Å². The SMILES string of the molecule is CC[C@@H]1CN2CCc3c([nH]c4cccc(OC)c34)[C@H]2[C@@H](C=O)C1=C(C=O)C(=O)O. The Labute approximate surface area is 168 Å². The number of hydrogen-bond donors (Lipinski definition) is 2. The minimum absolute atomic E-state index is 0.141. The zero-order chi connectivity index (χ0) is 20.7. The molecule has 0 amide bonds. The fourth-order valence-electron chi connectivity index (χ4n) is 5.13. The van der Waals surface area contributed by atoms with E-state index in [0.29, 0.717) is 24.8 Å². The highest BCUT2D eigenvalue weighted by molar-refractivity contribution is 6.08. The van der Waals surface area contributed by atoms with Gasteiger partial charge in [0.25, 0.3) is 0 Å². The van der Waals surface area contributed by atoms with E-state index in [-0.39, 0.29) is 17.5 Å². The van der Waals surface area contributed by atoms with E-state index in [1.807, 2.05) is 25.1 Å². The Kier molecular flexibility index (Phi) is 5.00. The van der Waals surface area contributed by atoms with Crippen LogP contribution in [-0.2, 0) is 20.8 Å². The number of benzene rings is 1. The number of nitrogens with zero attached hydrogens (tertiary/aromatic N) is 1. The Morgan fingerprint density at radius 2 is 2.17 bits per heavy atom. The third kappa shape index (κ3) is 2.88. The molecule has 0 aliphatic carbocycles. The lowest BCUT2D eigenvalue weighted by Crippen LogP contribution is -2.49. The Morgan fingerprint density at radius 1 is 1.38 bits per heavy atom. The first-order chi connectivity index (χ1) is 14.0. The molecule has 0 unspecified atom stereocenters. The maximum atomic E-state index is 12.3. The van der Waals surface area contributed by atoms with Crippen LogP contribution in [0, 0.1) is 11.8 Å².